The average molecular weight is 328 g/mol. The highest BCUT2D eigenvalue weighted by Gasteiger charge is 2.44. The minimum absolute atomic E-state index is 0.0829. The summed E-state index contributed by atoms with van der Waals surface area (Å²) >= 11 is 0. The summed E-state index contributed by atoms with van der Waals surface area (Å²) < 4.78 is 5.08. The molecule has 6 heteroatoms. The number of nitrogens with zero attached hydrogens (tertiary/aromatic N) is 2. The van der Waals surface area contributed by atoms with E-state index >= 15 is 0 Å². The number of hydrogen-bond acceptors (Lipinski definition) is 4. The van der Waals surface area contributed by atoms with Gasteiger partial charge in [0.2, 0.25) is 11.8 Å². The van der Waals surface area contributed by atoms with E-state index in [9.17, 15) is 14.4 Å². The number of ether oxygens (including phenoxy) is 1. The molecule has 126 valence electrons. The third kappa shape index (κ3) is 3.18. The lowest BCUT2D eigenvalue weighted by atomic mass is 10.0. The van der Waals surface area contributed by atoms with E-state index in [0.717, 1.165) is 5.56 Å². The van der Waals surface area contributed by atoms with Gasteiger partial charge in [-0.2, -0.15) is 0 Å². The number of carbonyl (C=O) groups is 3. The molecule has 0 saturated carbocycles. The molecule has 2 aliphatic rings. The highest BCUT2D eigenvalue weighted by molar-refractivity contribution is 5.98. The van der Waals surface area contributed by atoms with E-state index < -0.39 is 12.0 Å². The third-order valence-electron chi connectivity index (χ3n) is 4.43. The molecule has 1 aromatic carbocycles. The molecule has 6 nitrogen and oxygen atoms in total. The van der Waals surface area contributed by atoms with Crippen LogP contribution >= 0.6 is 0 Å². The van der Waals surface area contributed by atoms with E-state index in [1.165, 1.54) is 4.90 Å². The van der Waals surface area contributed by atoms with Gasteiger partial charge in [-0.05, 0) is 12.0 Å². The van der Waals surface area contributed by atoms with Crippen molar-refractivity contribution in [2.24, 2.45) is 5.92 Å². The lowest BCUT2D eigenvalue weighted by Crippen LogP contribution is -2.44. The molecular formula is C18H20N2O4. The van der Waals surface area contributed by atoms with E-state index in [4.69, 9.17) is 4.74 Å². The molecule has 0 aliphatic carbocycles. The number of hydrogen-bond donors (Lipinski definition) is 0. The highest BCUT2D eigenvalue weighted by Crippen LogP contribution is 2.25. The molecule has 2 atom stereocenters. The summed E-state index contributed by atoms with van der Waals surface area (Å²) in [6.45, 7) is 4.55. The Kier molecular flexibility index (Phi) is 4.64. The first kappa shape index (κ1) is 16.2. The minimum Gasteiger partial charge on any atom is -0.447 e. The van der Waals surface area contributed by atoms with Gasteiger partial charge in [0.05, 0.1) is 12.0 Å². The van der Waals surface area contributed by atoms with Gasteiger partial charge < -0.3 is 9.64 Å². The van der Waals surface area contributed by atoms with Crippen LogP contribution in [0.1, 0.15) is 12.0 Å². The number of rotatable bonds is 5. The van der Waals surface area contributed by atoms with Crippen molar-refractivity contribution in [3.8, 4) is 0 Å². The molecule has 0 unspecified atom stereocenters. The van der Waals surface area contributed by atoms with Crippen LogP contribution in [0.2, 0.25) is 0 Å². The molecule has 2 saturated heterocycles. The smallest absolute Gasteiger partial charge is 0.416 e. The number of carbonyl (C=O) groups excluding carboxylic acids is 3. The van der Waals surface area contributed by atoms with Gasteiger partial charge in [0, 0.05) is 19.5 Å². The Morgan fingerprint density at radius 2 is 2.04 bits per heavy atom. The van der Waals surface area contributed by atoms with Crippen LogP contribution in [0.15, 0.2) is 43.0 Å². The Labute approximate surface area is 140 Å². The van der Waals surface area contributed by atoms with E-state index in [0.29, 0.717) is 19.5 Å². The Balaban J connectivity index is 1.71. The maximum atomic E-state index is 12.8. The van der Waals surface area contributed by atoms with Gasteiger partial charge in [-0.1, -0.05) is 36.4 Å². The molecule has 2 aliphatic heterocycles. The number of benzene rings is 1. The number of likely N-dealkylation sites (tertiary alicyclic amines) is 1. The SMILES string of the molecule is C=CCN1C[C@H](C(=O)N2C(=O)OC[C@@H]2Cc2ccccc2)CC1=O. The fourth-order valence-corrected chi connectivity index (χ4v) is 3.23. The number of amides is 3. The number of imide groups is 1. The van der Waals surface area contributed by atoms with E-state index in [2.05, 4.69) is 6.58 Å². The molecule has 3 amide bonds. The number of cyclic esters (lactones) is 1. The molecule has 0 spiro atoms. The van der Waals surface area contributed by atoms with Crippen molar-refractivity contribution in [1.82, 2.24) is 9.80 Å². The maximum absolute atomic E-state index is 12.8. The summed E-state index contributed by atoms with van der Waals surface area (Å²) in [6, 6.07) is 9.34. The summed E-state index contributed by atoms with van der Waals surface area (Å²) in [7, 11) is 0. The van der Waals surface area contributed by atoms with Crippen molar-refractivity contribution in [1.29, 1.82) is 0 Å². The second-order valence-corrected chi connectivity index (χ2v) is 6.12. The monoisotopic (exact) mass is 328 g/mol. The second-order valence-electron chi connectivity index (χ2n) is 6.12. The first-order valence-corrected chi connectivity index (χ1v) is 8.02. The fraction of sp³-hybridized carbons (Fsp3) is 0.389. The van der Waals surface area contributed by atoms with Gasteiger partial charge in [-0.3, -0.25) is 9.59 Å². The normalized spacial score (nSPS) is 23.5. The van der Waals surface area contributed by atoms with Crippen molar-refractivity contribution < 1.29 is 19.1 Å². The molecule has 0 radical (unpaired) electrons. The summed E-state index contributed by atoms with van der Waals surface area (Å²) in [5.74, 6) is -0.903. The van der Waals surface area contributed by atoms with Gasteiger partial charge in [0.15, 0.2) is 0 Å². The van der Waals surface area contributed by atoms with Crippen LogP contribution in [0, 0.1) is 5.92 Å². The summed E-state index contributed by atoms with van der Waals surface area (Å²) in [5.41, 5.74) is 1.04. The van der Waals surface area contributed by atoms with Gasteiger partial charge in [0.25, 0.3) is 0 Å². The van der Waals surface area contributed by atoms with Crippen LogP contribution in [0.25, 0.3) is 0 Å². The van der Waals surface area contributed by atoms with Gasteiger partial charge in [-0.25, -0.2) is 9.69 Å². The quantitative estimate of drug-likeness (QED) is 0.770. The zero-order chi connectivity index (χ0) is 17.1. The summed E-state index contributed by atoms with van der Waals surface area (Å²) in [4.78, 5) is 39.5. The second kappa shape index (κ2) is 6.86. The van der Waals surface area contributed by atoms with Gasteiger partial charge in [0.1, 0.15) is 6.61 Å². The standard InChI is InChI=1S/C18H20N2O4/c1-2-8-19-11-14(10-16(19)21)17(22)20-15(12-24-18(20)23)9-13-6-4-3-5-7-13/h2-7,14-15H,1,8-12H2/t14-,15+/m1/s1. The lowest BCUT2D eigenvalue weighted by Gasteiger charge is -2.22. The van der Waals surface area contributed by atoms with Crippen molar-refractivity contribution >= 4 is 17.9 Å². The van der Waals surface area contributed by atoms with Crippen molar-refractivity contribution in [2.45, 2.75) is 18.9 Å². The average Bonchev–Trinajstić information content (AvgIpc) is 3.12. The highest BCUT2D eigenvalue weighted by atomic mass is 16.6. The molecule has 3 rings (SSSR count). The van der Waals surface area contributed by atoms with Gasteiger partial charge >= 0.3 is 6.09 Å². The Morgan fingerprint density at radius 1 is 1.29 bits per heavy atom. The first-order chi connectivity index (χ1) is 11.6. The molecule has 0 N–H and O–H groups in total. The topological polar surface area (TPSA) is 66.9 Å². The van der Waals surface area contributed by atoms with Gasteiger partial charge in [-0.15, -0.1) is 6.58 Å². The van der Waals surface area contributed by atoms with Crippen molar-refractivity contribution in [3.05, 3.63) is 48.6 Å². The molecular weight excluding hydrogens is 308 g/mol. The van der Waals surface area contributed by atoms with Crippen LogP contribution in [-0.4, -0.2) is 53.4 Å². The Morgan fingerprint density at radius 3 is 2.75 bits per heavy atom. The molecule has 0 bridgehead atoms. The molecule has 2 fully saturated rings. The Bertz CT molecular complexity index is 658. The summed E-state index contributed by atoms with van der Waals surface area (Å²) in [6.07, 6.45) is 1.70. The van der Waals surface area contributed by atoms with Crippen molar-refractivity contribution in [2.75, 3.05) is 19.7 Å². The fourth-order valence-electron chi connectivity index (χ4n) is 3.23. The Hall–Kier alpha value is -2.63. The molecule has 0 aromatic heterocycles. The largest absolute Gasteiger partial charge is 0.447 e. The molecule has 2 heterocycles. The third-order valence-corrected chi connectivity index (χ3v) is 4.43. The van der Waals surface area contributed by atoms with E-state index in [1.807, 2.05) is 30.3 Å². The minimum atomic E-state index is -0.615. The predicted molar refractivity (Wildman–Crippen MR) is 87.0 cm³/mol. The lowest BCUT2D eigenvalue weighted by molar-refractivity contribution is -0.134. The van der Waals surface area contributed by atoms with Crippen LogP contribution in [0.4, 0.5) is 4.79 Å². The van der Waals surface area contributed by atoms with E-state index in [1.54, 1.807) is 11.0 Å². The maximum Gasteiger partial charge on any atom is 0.416 e. The van der Waals surface area contributed by atoms with E-state index in [-0.39, 0.29) is 30.9 Å². The van der Waals surface area contributed by atoms with Crippen LogP contribution in [0.5, 0.6) is 0 Å². The summed E-state index contributed by atoms with van der Waals surface area (Å²) in [5, 5.41) is 0. The molecule has 1 aromatic rings. The first-order valence-electron chi connectivity index (χ1n) is 8.02. The van der Waals surface area contributed by atoms with Crippen LogP contribution < -0.4 is 0 Å². The molecule has 24 heavy (non-hydrogen) atoms. The van der Waals surface area contributed by atoms with Crippen LogP contribution in [0.3, 0.4) is 0 Å². The van der Waals surface area contributed by atoms with Crippen molar-refractivity contribution in [3.63, 3.8) is 0 Å². The zero-order valence-electron chi connectivity index (χ0n) is 13.4. The zero-order valence-corrected chi connectivity index (χ0v) is 13.4. The predicted octanol–water partition coefficient (Wildman–Crippen LogP) is 1.61. The van der Waals surface area contributed by atoms with Crippen LogP contribution in [-0.2, 0) is 20.7 Å².